The molecule has 0 nitrogen and oxygen atoms in total. The summed E-state index contributed by atoms with van der Waals surface area (Å²) in [6, 6.07) is 0. The van der Waals surface area contributed by atoms with Crippen molar-refractivity contribution in [1.82, 2.24) is 0 Å². The second-order valence-corrected chi connectivity index (χ2v) is 0.737. The molecule has 0 aliphatic heterocycles. The normalized spacial score (nSPS) is 6.09. The Hall–Kier alpha value is -0.650. The molecule has 0 saturated heterocycles. The predicted molar refractivity (Wildman–Crippen MR) is 29.7 cm³/mol. The first kappa shape index (κ1) is 16.7. The Bertz CT molecular complexity index is 103. The Morgan fingerprint density at radius 2 is 1.18 bits per heavy atom. The van der Waals surface area contributed by atoms with Crippen LogP contribution < -0.4 is 0 Å². The van der Waals surface area contributed by atoms with Gasteiger partial charge in [-0.05, 0) is 6.58 Å². The molecule has 68 valence electrons. The molecule has 0 aromatic rings. The van der Waals surface area contributed by atoms with Gasteiger partial charge in [-0.15, -0.1) is 3.98 Å². The maximum atomic E-state index is 10.2. The van der Waals surface area contributed by atoms with Crippen LogP contribution in [0.25, 0.3) is 0 Å². The topological polar surface area (TPSA) is 0 Å². The second-order valence-electron chi connectivity index (χ2n) is 0.737. The molecule has 0 atom stereocenters. The molecule has 0 heterocycles. The summed E-state index contributed by atoms with van der Waals surface area (Å²) in [5, 5.41) is 0. The SMILES string of the molecule is C=C(F)F.FC=C(F)F.FCl. The number of halogens is 7. The highest BCUT2D eigenvalue weighted by Crippen LogP contribution is 1.93. The van der Waals surface area contributed by atoms with Crippen molar-refractivity contribution in [2.24, 2.45) is 0 Å². The first-order valence-corrected chi connectivity index (χ1v) is 2.04. The van der Waals surface area contributed by atoms with Crippen molar-refractivity contribution < 1.29 is 25.9 Å². The van der Waals surface area contributed by atoms with Crippen LogP contribution in [0.15, 0.2) is 25.1 Å². The van der Waals surface area contributed by atoms with E-state index in [4.69, 9.17) is 3.98 Å². The Morgan fingerprint density at radius 3 is 1.18 bits per heavy atom. The average Bonchev–Trinajstić information content (AvgIpc) is 1.91. The lowest BCUT2D eigenvalue weighted by Gasteiger charge is -1.59. The van der Waals surface area contributed by atoms with Crippen molar-refractivity contribution in [3.8, 4) is 0 Å². The number of hydrogen-bond donors (Lipinski definition) is 0. The fraction of sp³-hybridized carbons (Fsp3) is 0. The maximum absolute atomic E-state index is 10.2. The minimum atomic E-state index is -2.29. The molecule has 0 rings (SSSR count). The van der Waals surface area contributed by atoms with Crippen LogP contribution >= 0.6 is 12.0 Å². The number of hydrogen-bond acceptors (Lipinski definition) is 0. The third kappa shape index (κ3) is 277. The van der Waals surface area contributed by atoms with E-state index in [1.54, 1.807) is 0 Å². The summed E-state index contributed by atoms with van der Waals surface area (Å²) in [6.45, 7) is 2.22. The molecule has 0 N–H and O–H groups in total. The Kier molecular flexibility index (Phi) is 24.6. The van der Waals surface area contributed by atoms with Crippen molar-refractivity contribution >= 4 is 12.0 Å². The van der Waals surface area contributed by atoms with Crippen LogP contribution in [0.4, 0.5) is 25.9 Å². The quantitative estimate of drug-likeness (QED) is 0.514. The molecule has 0 aliphatic rings. The predicted octanol–water partition coefficient (Wildman–Crippen LogP) is 4.20. The highest BCUT2D eigenvalue weighted by Gasteiger charge is 1.78. The minimum Gasteiger partial charge on any atom is -0.210 e. The van der Waals surface area contributed by atoms with E-state index in [0.717, 1.165) is 0 Å². The van der Waals surface area contributed by atoms with Crippen molar-refractivity contribution in [2.45, 2.75) is 0 Å². The summed E-state index contributed by atoms with van der Waals surface area (Å²) >= 11 is 3.14. The molecular formula is C4H3ClF6. The Morgan fingerprint density at radius 1 is 1.09 bits per heavy atom. The lowest BCUT2D eigenvalue weighted by atomic mass is 11.1. The second kappa shape index (κ2) is 16.2. The third-order valence-electron chi connectivity index (χ3n) is 0.0825. The first-order valence-electron chi connectivity index (χ1n) is 1.76. The van der Waals surface area contributed by atoms with Crippen molar-refractivity contribution in [2.75, 3.05) is 0 Å². The number of rotatable bonds is 0. The largest absolute Gasteiger partial charge is 0.298 e. The van der Waals surface area contributed by atoms with Gasteiger partial charge in [-0.25, -0.2) is 4.39 Å². The molecule has 7 heteroatoms. The van der Waals surface area contributed by atoms with Crippen LogP contribution in [0, 0.1) is 0 Å². The maximum Gasteiger partial charge on any atom is 0.298 e. The molecule has 0 saturated carbocycles. The monoisotopic (exact) mass is 200 g/mol. The van der Waals surface area contributed by atoms with E-state index in [-0.39, 0.29) is 0 Å². The van der Waals surface area contributed by atoms with Gasteiger partial charge in [-0.1, -0.05) is 0 Å². The van der Waals surface area contributed by atoms with Gasteiger partial charge in [-0.2, -0.15) is 17.6 Å². The van der Waals surface area contributed by atoms with Crippen LogP contribution in [0.3, 0.4) is 0 Å². The van der Waals surface area contributed by atoms with Gasteiger partial charge in [0.15, 0.2) is 6.33 Å². The molecule has 0 aromatic heterocycles. The van der Waals surface area contributed by atoms with E-state index in [1.807, 2.05) is 0 Å². The third-order valence-corrected chi connectivity index (χ3v) is 0.0825. The molecule has 0 radical (unpaired) electrons. The van der Waals surface area contributed by atoms with Gasteiger partial charge in [0, 0.05) is 0 Å². The van der Waals surface area contributed by atoms with Gasteiger partial charge in [0.25, 0.3) is 12.2 Å². The summed E-state index contributed by atoms with van der Waals surface area (Å²) < 4.78 is 60.0. The van der Waals surface area contributed by atoms with Gasteiger partial charge in [-0.3, -0.25) is 0 Å². The van der Waals surface area contributed by atoms with E-state index in [1.165, 1.54) is 0 Å². The van der Waals surface area contributed by atoms with E-state index < -0.39 is 18.5 Å². The van der Waals surface area contributed by atoms with E-state index in [9.17, 15) is 22.0 Å². The molecule has 0 bridgehead atoms. The van der Waals surface area contributed by atoms with Crippen LogP contribution in [-0.4, -0.2) is 0 Å². The zero-order valence-corrected chi connectivity index (χ0v) is 5.69. The summed E-state index contributed by atoms with van der Waals surface area (Å²) in [6.07, 6.45) is -4.87. The lowest BCUT2D eigenvalue weighted by Crippen LogP contribution is -1.42. The van der Waals surface area contributed by atoms with E-state index >= 15 is 0 Å². The smallest absolute Gasteiger partial charge is 0.210 e. The zero-order chi connectivity index (χ0) is 9.86. The molecule has 0 amide bonds. The van der Waals surface area contributed by atoms with Crippen LogP contribution in [-0.2, 0) is 0 Å². The van der Waals surface area contributed by atoms with E-state index in [0.29, 0.717) is 0 Å². The van der Waals surface area contributed by atoms with Crippen molar-refractivity contribution in [3.05, 3.63) is 25.1 Å². The summed E-state index contributed by atoms with van der Waals surface area (Å²) in [5.41, 5.74) is 0. The van der Waals surface area contributed by atoms with Gasteiger partial charge < -0.3 is 0 Å². The molecular weight excluding hydrogens is 197 g/mol. The summed E-state index contributed by atoms with van der Waals surface area (Å²) in [5.74, 6) is 0. The first-order chi connectivity index (χ1) is 5.00. The summed E-state index contributed by atoms with van der Waals surface area (Å²) in [7, 11) is 0. The average molecular weight is 201 g/mol. The van der Waals surface area contributed by atoms with Gasteiger partial charge in [0.1, 0.15) is 12.0 Å². The lowest BCUT2D eigenvalue weighted by molar-refractivity contribution is 0.400. The fourth-order valence-electron chi connectivity index (χ4n) is 0. The van der Waals surface area contributed by atoms with Gasteiger partial charge >= 0.3 is 0 Å². The highest BCUT2D eigenvalue weighted by atomic mass is 35.5. The Labute approximate surface area is 64.0 Å². The highest BCUT2D eigenvalue weighted by molar-refractivity contribution is 6.06. The summed E-state index contributed by atoms with van der Waals surface area (Å²) in [4.78, 5) is 0. The fourth-order valence-corrected chi connectivity index (χ4v) is 0. The molecule has 0 unspecified atom stereocenters. The van der Waals surface area contributed by atoms with Crippen molar-refractivity contribution in [1.29, 1.82) is 0 Å². The standard InChI is InChI=1S/C2HF3.C2H2F2.ClF/c3-1-2(4)5;1-2(3)4;1-2/h1H;1H2;. The van der Waals surface area contributed by atoms with Gasteiger partial charge in [0.05, 0.1) is 0 Å². The zero-order valence-electron chi connectivity index (χ0n) is 4.93. The molecule has 0 spiro atoms. The molecule has 0 aromatic carbocycles. The van der Waals surface area contributed by atoms with Crippen LogP contribution in [0.5, 0.6) is 0 Å². The van der Waals surface area contributed by atoms with Gasteiger partial charge in [0.2, 0.25) is 0 Å². The van der Waals surface area contributed by atoms with E-state index in [2.05, 4.69) is 18.5 Å². The Balaban J connectivity index is -0.0000000965. The van der Waals surface area contributed by atoms with Crippen molar-refractivity contribution in [3.63, 3.8) is 0 Å². The molecule has 0 fully saturated rings. The van der Waals surface area contributed by atoms with Crippen LogP contribution in [0.2, 0.25) is 0 Å². The van der Waals surface area contributed by atoms with Crippen LogP contribution in [0.1, 0.15) is 0 Å². The molecule has 0 aliphatic carbocycles. The molecule has 11 heavy (non-hydrogen) atoms. The minimum absolute atomic E-state index is 0.750.